The fourth-order valence-electron chi connectivity index (χ4n) is 2.84. The minimum absolute atomic E-state index is 0.114. The molecule has 2 N–H and O–H groups in total. The highest BCUT2D eigenvalue weighted by molar-refractivity contribution is 5.86. The molecule has 2 aliphatic rings. The van der Waals surface area contributed by atoms with Gasteiger partial charge in [0.25, 0.3) is 0 Å². The van der Waals surface area contributed by atoms with E-state index in [9.17, 15) is 14.7 Å². The van der Waals surface area contributed by atoms with Crippen molar-refractivity contribution < 1.29 is 24.5 Å². The molecule has 18 heavy (non-hydrogen) atoms. The van der Waals surface area contributed by atoms with Crippen LogP contribution >= 0.6 is 0 Å². The van der Waals surface area contributed by atoms with Crippen molar-refractivity contribution in [2.75, 3.05) is 13.2 Å². The summed E-state index contributed by atoms with van der Waals surface area (Å²) < 4.78 is 5.46. The van der Waals surface area contributed by atoms with E-state index in [0.717, 1.165) is 6.42 Å². The van der Waals surface area contributed by atoms with Gasteiger partial charge in [-0.15, -0.1) is 0 Å². The van der Waals surface area contributed by atoms with Crippen molar-refractivity contribution in [2.45, 2.75) is 44.4 Å². The molecule has 2 fully saturated rings. The summed E-state index contributed by atoms with van der Waals surface area (Å²) in [6, 6.07) is -0.898. The van der Waals surface area contributed by atoms with Crippen LogP contribution in [0.1, 0.15) is 26.2 Å². The number of rotatable bonds is 3. The smallest absolute Gasteiger partial charge is 0.326 e. The number of aliphatic hydroxyl groups excluding tert-OH is 1. The number of aliphatic carboxylic acids is 1. The predicted octanol–water partition coefficient (Wildman–Crippen LogP) is -0.152. The Bertz CT molecular complexity index is 345. The summed E-state index contributed by atoms with van der Waals surface area (Å²) in [5.41, 5.74) is 0. The molecule has 0 aromatic heterocycles. The van der Waals surface area contributed by atoms with Crippen molar-refractivity contribution in [1.29, 1.82) is 0 Å². The summed E-state index contributed by atoms with van der Waals surface area (Å²) in [6.07, 6.45) is 0.633. The molecular weight excluding hydrogens is 238 g/mol. The van der Waals surface area contributed by atoms with Crippen LogP contribution in [0.25, 0.3) is 0 Å². The maximum atomic E-state index is 12.3. The number of hydrogen-bond donors (Lipinski definition) is 2. The van der Waals surface area contributed by atoms with Crippen molar-refractivity contribution in [3.05, 3.63) is 0 Å². The highest BCUT2D eigenvalue weighted by atomic mass is 16.5. The van der Waals surface area contributed by atoms with Crippen molar-refractivity contribution >= 4 is 11.9 Å². The highest BCUT2D eigenvalue weighted by Gasteiger charge is 2.44. The Hall–Kier alpha value is -1.14. The number of carbonyl (C=O) groups excluding carboxylic acids is 1. The third-order valence-corrected chi connectivity index (χ3v) is 3.78. The Morgan fingerprint density at radius 1 is 1.44 bits per heavy atom. The lowest BCUT2D eigenvalue weighted by molar-refractivity contribution is -0.150. The van der Waals surface area contributed by atoms with Gasteiger partial charge in [-0.2, -0.15) is 0 Å². The molecule has 2 aliphatic heterocycles. The second-order valence-corrected chi connectivity index (χ2v) is 4.95. The summed E-state index contributed by atoms with van der Waals surface area (Å²) in [4.78, 5) is 24.7. The van der Waals surface area contributed by atoms with Crippen molar-refractivity contribution in [3.8, 4) is 0 Å². The van der Waals surface area contributed by atoms with Crippen LogP contribution in [0.4, 0.5) is 0 Å². The Morgan fingerprint density at radius 3 is 2.78 bits per heavy atom. The number of amides is 1. The number of nitrogens with zero attached hydrogens (tertiary/aromatic N) is 1. The zero-order valence-electron chi connectivity index (χ0n) is 10.4. The number of carboxylic acids is 1. The molecule has 2 unspecified atom stereocenters. The number of β-amino-alcohol motifs (C(OH)–C–C–N with tert-alkyl or cyclic N) is 1. The van der Waals surface area contributed by atoms with Crippen LogP contribution in [-0.2, 0) is 14.3 Å². The second kappa shape index (κ2) is 5.24. The fourth-order valence-corrected chi connectivity index (χ4v) is 2.84. The second-order valence-electron chi connectivity index (χ2n) is 4.95. The van der Waals surface area contributed by atoms with Gasteiger partial charge in [0, 0.05) is 19.6 Å². The molecule has 6 heteroatoms. The molecule has 102 valence electrons. The first-order valence-corrected chi connectivity index (χ1v) is 6.37. The van der Waals surface area contributed by atoms with Crippen LogP contribution in [0, 0.1) is 5.92 Å². The van der Waals surface area contributed by atoms with E-state index >= 15 is 0 Å². The molecule has 6 nitrogen and oxygen atoms in total. The minimum atomic E-state index is -1.05. The Morgan fingerprint density at radius 2 is 2.17 bits per heavy atom. The molecule has 0 radical (unpaired) electrons. The van der Waals surface area contributed by atoms with Crippen LogP contribution in [0.2, 0.25) is 0 Å². The lowest BCUT2D eigenvalue weighted by Gasteiger charge is -2.26. The predicted molar refractivity (Wildman–Crippen MR) is 61.9 cm³/mol. The lowest BCUT2D eigenvalue weighted by Crippen LogP contribution is -2.45. The Labute approximate surface area is 106 Å². The molecular formula is C12H19NO5. The number of carbonyl (C=O) groups is 2. The molecule has 0 saturated carbocycles. The molecule has 4 atom stereocenters. The maximum absolute atomic E-state index is 12.3. The van der Waals surface area contributed by atoms with E-state index < -0.39 is 18.1 Å². The van der Waals surface area contributed by atoms with Crippen molar-refractivity contribution in [3.63, 3.8) is 0 Å². The molecule has 0 bridgehead atoms. The summed E-state index contributed by atoms with van der Waals surface area (Å²) in [5.74, 6) is -1.50. The van der Waals surface area contributed by atoms with Gasteiger partial charge >= 0.3 is 5.97 Å². The first kappa shape index (κ1) is 13.3. The first-order valence-electron chi connectivity index (χ1n) is 6.37. The molecule has 0 aromatic rings. The highest BCUT2D eigenvalue weighted by Crippen LogP contribution is 2.29. The van der Waals surface area contributed by atoms with E-state index in [1.807, 2.05) is 6.92 Å². The zero-order valence-corrected chi connectivity index (χ0v) is 10.4. The summed E-state index contributed by atoms with van der Waals surface area (Å²) in [7, 11) is 0. The van der Waals surface area contributed by atoms with E-state index in [1.54, 1.807) is 0 Å². The zero-order chi connectivity index (χ0) is 13.3. The van der Waals surface area contributed by atoms with Crippen LogP contribution in [0.5, 0.6) is 0 Å². The third-order valence-electron chi connectivity index (χ3n) is 3.78. The van der Waals surface area contributed by atoms with Gasteiger partial charge in [0.1, 0.15) is 6.04 Å². The third kappa shape index (κ3) is 2.35. The number of carboxylic acid groups (broad SMARTS) is 1. The lowest BCUT2D eigenvalue weighted by atomic mass is 9.97. The van der Waals surface area contributed by atoms with Crippen molar-refractivity contribution in [2.24, 2.45) is 5.92 Å². The largest absolute Gasteiger partial charge is 0.480 e. The van der Waals surface area contributed by atoms with E-state index in [1.165, 1.54) is 4.90 Å². The van der Waals surface area contributed by atoms with Gasteiger partial charge in [0.2, 0.25) is 5.91 Å². The van der Waals surface area contributed by atoms with Gasteiger partial charge < -0.3 is 19.8 Å². The number of aliphatic hydroxyl groups is 1. The van der Waals surface area contributed by atoms with Gasteiger partial charge in [0.05, 0.1) is 18.1 Å². The molecule has 0 aliphatic carbocycles. The minimum Gasteiger partial charge on any atom is -0.480 e. The molecule has 1 amide bonds. The van der Waals surface area contributed by atoms with Gasteiger partial charge in [0.15, 0.2) is 0 Å². The first-order chi connectivity index (χ1) is 8.54. The summed E-state index contributed by atoms with van der Waals surface area (Å²) >= 11 is 0. The number of hydrogen-bond acceptors (Lipinski definition) is 4. The number of likely N-dealkylation sites (tertiary alicyclic amines) is 1. The van der Waals surface area contributed by atoms with Crippen molar-refractivity contribution in [1.82, 2.24) is 4.90 Å². The maximum Gasteiger partial charge on any atom is 0.326 e. The van der Waals surface area contributed by atoms with Gasteiger partial charge in [-0.3, -0.25) is 4.79 Å². The fraction of sp³-hybridized carbons (Fsp3) is 0.833. The normalized spacial score (nSPS) is 36.0. The molecule has 0 aromatic carbocycles. The average Bonchev–Trinajstić information content (AvgIpc) is 2.93. The topological polar surface area (TPSA) is 87.1 Å². The molecule has 0 spiro atoms. The van der Waals surface area contributed by atoms with E-state index in [4.69, 9.17) is 9.84 Å². The van der Waals surface area contributed by atoms with Crippen LogP contribution in [0.3, 0.4) is 0 Å². The van der Waals surface area contributed by atoms with Crippen LogP contribution in [-0.4, -0.2) is 58.4 Å². The Kier molecular flexibility index (Phi) is 3.87. The number of ether oxygens (including phenoxy) is 1. The van der Waals surface area contributed by atoms with E-state index in [-0.39, 0.29) is 30.9 Å². The molecule has 2 heterocycles. The van der Waals surface area contributed by atoms with Gasteiger partial charge in [-0.25, -0.2) is 4.79 Å². The monoisotopic (exact) mass is 257 g/mol. The van der Waals surface area contributed by atoms with Gasteiger partial charge in [-0.05, 0) is 12.8 Å². The van der Waals surface area contributed by atoms with E-state index in [0.29, 0.717) is 13.0 Å². The van der Waals surface area contributed by atoms with Gasteiger partial charge in [-0.1, -0.05) is 6.92 Å². The van der Waals surface area contributed by atoms with E-state index in [2.05, 4.69) is 0 Å². The SMILES string of the molecule is CCC1OCCC1C(=O)N1C[C@H](O)C[C@H]1C(=O)O. The quantitative estimate of drug-likeness (QED) is 0.734. The molecule has 2 rings (SSSR count). The summed E-state index contributed by atoms with van der Waals surface area (Å²) in [5, 5.41) is 18.6. The summed E-state index contributed by atoms with van der Waals surface area (Å²) in [6.45, 7) is 2.61. The van der Waals surface area contributed by atoms with Crippen LogP contribution < -0.4 is 0 Å². The average molecular weight is 257 g/mol. The standard InChI is InChI=1S/C12H19NO5/c1-2-10-8(3-4-18-10)11(15)13-6-7(14)5-9(13)12(16)17/h7-10,14H,2-6H2,1H3,(H,16,17)/t7-,8?,9+,10?/m1/s1. The molecule has 2 saturated heterocycles. The Balaban J connectivity index is 2.10. The van der Waals surface area contributed by atoms with Crippen LogP contribution in [0.15, 0.2) is 0 Å².